The number of hydrogen-bond donors (Lipinski definition) is 1. The summed E-state index contributed by atoms with van der Waals surface area (Å²) in [6, 6.07) is 31.2. The van der Waals surface area contributed by atoms with Crippen LogP contribution >= 0.6 is 0 Å². The van der Waals surface area contributed by atoms with Crippen molar-refractivity contribution in [3.05, 3.63) is 113 Å². The fraction of sp³-hybridized carbons (Fsp3) is 0.350. The molecule has 0 unspecified atom stereocenters. The van der Waals surface area contributed by atoms with Gasteiger partial charge in [-0.05, 0) is 99.5 Å². The first-order chi connectivity index (χ1) is 20.1. The van der Waals surface area contributed by atoms with Gasteiger partial charge in [0.25, 0.3) is 0 Å². The van der Waals surface area contributed by atoms with E-state index in [1.807, 2.05) is 6.26 Å². The van der Waals surface area contributed by atoms with Crippen LogP contribution < -0.4 is 10.2 Å². The highest BCUT2D eigenvalue weighted by atomic mass is 16.3. The molecule has 1 N–H and O–H groups in total. The summed E-state index contributed by atoms with van der Waals surface area (Å²) < 4.78 is 6.19. The molecule has 0 saturated carbocycles. The fourth-order valence-corrected chi connectivity index (χ4v) is 5.43. The van der Waals surface area contributed by atoms with Crippen LogP contribution in [0.3, 0.4) is 0 Å². The van der Waals surface area contributed by atoms with Gasteiger partial charge in [0.15, 0.2) is 0 Å². The van der Waals surface area contributed by atoms with Gasteiger partial charge in [-0.25, -0.2) is 0 Å². The Kier molecular flexibility index (Phi) is 7.98. The number of furan rings is 1. The summed E-state index contributed by atoms with van der Waals surface area (Å²) in [5, 5.41) is 4.83. The third-order valence-electron chi connectivity index (χ3n) is 8.34. The Balaban J connectivity index is 1.69. The maximum absolute atomic E-state index is 6.19. The van der Waals surface area contributed by atoms with E-state index in [2.05, 4.69) is 164 Å². The van der Waals surface area contributed by atoms with Gasteiger partial charge in [0.05, 0.1) is 5.69 Å². The molecule has 0 amide bonds. The minimum Gasteiger partial charge on any atom is -0.462 e. The van der Waals surface area contributed by atoms with Gasteiger partial charge in [0.2, 0.25) is 0 Å². The topological polar surface area (TPSA) is 28.4 Å². The van der Waals surface area contributed by atoms with E-state index in [-0.39, 0.29) is 16.2 Å². The number of benzene rings is 4. The van der Waals surface area contributed by atoms with Crippen molar-refractivity contribution in [1.29, 1.82) is 0 Å². The standard InChI is InChI=1S/C40H48N2O/c1-11-27-12-19-33(20-13-27)42(36-26-43-37-21-16-29(24-35(36)37)39(5,6)7)34-23-30(40(8,9)10)22-32(25-34)41-31-17-14-28(15-18-31)38(2,3)4/h12-26,41H,11H2,1-10H3. The minimum absolute atomic E-state index is 0.0299. The Labute approximate surface area is 258 Å². The summed E-state index contributed by atoms with van der Waals surface area (Å²) in [5.41, 5.74) is 11.6. The minimum atomic E-state index is -0.0435. The van der Waals surface area contributed by atoms with Gasteiger partial charge in [-0.15, -0.1) is 0 Å². The predicted octanol–water partition coefficient (Wildman–Crippen LogP) is 12.1. The molecule has 0 aliphatic rings. The lowest BCUT2D eigenvalue weighted by molar-refractivity contribution is 0.589. The zero-order valence-corrected chi connectivity index (χ0v) is 27.7. The van der Waals surface area contributed by atoms with Crippen molar-refractivity contribution < 1.29 is 4.42 Å². The number of nitrogens with one attached hydrogen (secondary N) is 1. The first-order valence-corrected chi connectivity index (χ1v) is 15.6. The molecule has 0 saturated heterocycles. The molecule has 43 heavy (non-hydrogen) atoms. The lowest BCUT2D eigenvalue weighted by Gasteiger charge is -2.29. The largest absolute Gasteiger partial charge is 0.462 e. The molecule has 0 fully saturated rings. The number of rotatable bonds is 6. The first kappa shape index (κ1) is 30.5. The van der Waals surface area contributed by atoms with E-state index in [1.54, 1.807) is 0 Å². The van der Waals surface area contributed by atoms with Crippen molar-refractivity contribution in [3.63, 3.8) is 0 Å². The van der Waals surface area contributed by atoms with E-state index in [0.717, 1.165) is 45.8 Å². The maximum Gasteiger partial charge on any atom is 0.136 e. The van der Waals surface area contributed by atoms with Crippen LogP contribution in [0.4, 0.5) is 28.4 Å². The number of nitrogens with zero attached hydrogens (tertiary/aromatic N) is 1. The molecule has 0 atom stereocenters. The van der Waals surface area contributed by atoms with Crippen LogP contribution in [-0.2, 0) is 22.7 Å². The van der Waals surface area contributed by atoms with Gasteiger partial charge in [-0.2, -0.15) is 0 Å². The second kappa shape index (κ2) is 11.3. The van der Waals surface area contributed by atoms with Crippen LogP contribution in [0.5, 0.6) is 0 Å². The van der Waals surface area contributed by atoms with Crippen LogP contribution in [0.15, 0.2) is 95.6 Å². The molecule has 0 aliphatic carbocycles. The SMILES string of the molecule is CCc1ccc(N(c2cc(Nc3ccc(C(C)(C)C)cc3)cc(C(C)(C)C)c2)c2coc3ccc(C(C)(C)C)cc23)cc1. The molecule has 0 spiro atoms. The molecule has 1 aromatic heterocycles. The summed E-state index contributed by atoms with van der Waals surface area (Å²) >= 11 is 0. The summed E-state index contributed by atoms with van der Waals surface area (Å²) in [4.78, 5) is 2.35. The molecule has 224 valence electrons. The third-order valence-corrected chi connectivity index (χ3v) is 8.34. The van der Waals surface area contributed by atoms with E-state index in [4.69, 9.17) is 4.42 Å². The molecular formula is C40H48N2O. The van der Waals surface area contributed by atoms with E-state index < -0.39 is 0 Å². The Hall–Kier alpha value is -3.98. The highest BCUT2D eigenvalue weighted by Crippen LogP contribution is 2.43. The average molecular weight is 573 g/mol. The molecule has 0 aliphatic heterocycles. The quantitative estimate of drug-likeness (QED) is 0.219. The highest BCUT2D eigenvalue weighted by molar-refractivity contribution is 5.97. The van der Waals surface area contributed by atoms with Crippen molar-refractivity contribution in [3.8, 4) is 0 Å². The predicted molar refractivity (Wildman–Crippen MR) is 186 cm³/mol. The Bertz CT molecular complexity index is 1700. The molecule has 0 radical (unpaired) electrons. The van der Waals surface area contributed by atoms with Gasteiger partial charge < -0.3 is 14.6 Å². The second-order valence-electron chi connectivity index (χ2n) is 14.9. The van der Waals surface area contributed by atoms with Crippen LogP contribution in [0.25, 0.3) is 11.0 Å². The molecule has 0 bridgehead atoms. The molecule has 1 heterocycles. The van der Waals surface area contributed by atoms with E-state index in [9.17, 15) is 0 Å². The second-order valence-corrected chi connectivity index (χ2v) is 14.9. The fourth-order valence-electron chi connectivity index (χ4n) is 5.43. The summed E-state index contributed by atoms with van der Waals surface area (Å²) in [7, 11) is 0. The summed E-state index contributed by atoms with van der Waals surface area (Å²) in [6.07, 6.45) is 2.92. The average Bonchev–Trinajstić information content (AvgIpc) is 3.35. The number of anilines is 5. The Morgan fingerprint density at radius 1 is 0.581 bits per heavy atom. The van der Waals surface area contributed by atoms with Gasteiger partial charge in [-0.3, -0.25) is 0 Å². The van der Waals surface area contributed by atoms with Crippen molar-refractivity contribution in [1.82, 2.24) is 0 Å². The zero-order valence-electron chi connectivity index (χ0n) is 27.7. The van der Waals surface area contributed by atoms with Gasteiger partial charge in [0.1, 0.15) is 11.8 Å². The molecular weight excluding hydrogens is 524 g/mol. The normalized spacial score (nSPS) is 12.5. The van der Waals surface area contributed by atoms with Crippen molar-refractivity contribution in [2.45, 2.75) is 91.9 Å². The molecule has 4 aromatic carbocycles. The molecule has 5 rings (SSSR count). The molecule has 5 aromatic rings. The molecule has 3 heteroatoms. The van der Waals surface area contributed by atoms with Gasteiger partial charge >= 0.3 is 0 Å². The van der Waals surface area contributed by atoms with Crippen molar-refractivity contribution in [2.24, 2.45) is 0 Å². The lowest BCUT2D eigenvalue weighted by atomic mass is 9.86. The number of fused-ring (bicyclic) bond motifs is 1. The lowest BCUT2D eigenvalue weighted by Crippen LogP contribution is -2.15. The first-order valence-electron chi connectivity index (χ1n) is 15.6. The smallest absolute Gasteiger partial charge is 0.136 e. The van der Waals surface area contributed by atoms with Crippen LogP contribution in [-0.4, -0.2) is 0 Å². The molecule has 3 nitrogen and oxygen atoms in total. The van der Waals surface area contributed by atoms with Crippen LogP contribution in [0, 0.1) is 0 Å². The monoisotopic (exact) mass is 572 g/mol. The summed E-state index contributed by atoms with van der Waals surface area (Å²) in [5.74, 6) is 0. The van der Waals surface area contributed by atoms with Crippen molar-refractivity contribution >= 4 is 39.4 Å². The van der Waals surface area contributed by atoms with E-state index >= 15 is 0 Å². The van der Waals surface area contributed by atoms with Gasteiger partial charge in [0, 0.05) is 28.1 Å². The summed E-state index contributed by atoms with van der Waals surface area (Å²) in [6.45, 7) is 22.5. The zero-order chi connectivity index (χ0) is 31.2. The number of hydrogen-bond acceptors (Lipinski definition) is 3. The highest BCUT2D eigenvalue weighted by Gasteiger charge is 2.24. The van der Waals surface area contributed by atoms with E-state index in [0.29, 0.717) is 0 Å². The Morgan fingerprint density at radius 2 is 1.19 bits per heavy atom. The van der Waals surface area contributed by atoms with Crippen LogP contribution in [0.2, 0.25) is 0 Å². The Morgan fingerprint density at radius 3 is 1.77 bits per heavy atom. The van der Waals surface area contributed by atoms with E-state index in [1.165, 1.54) is 22.3 Å². The number of aryl methyl sites for hydroxylation is 1. The maximum atomic E-state index is 6.19. The van der Waals surface area contributed by atoms with Crippen LogP contribution in [0.1, 0.15) is 91.5 Å². The van der Waals surface area contributed by atoms with Gasteiger partial charge in [-0.1, -0.05) is 99.6 Å². The van der Waals surface area contributed by atoms with Crippen molar-refractivity contribution in [2.75, 3.05) is 10.2 Å². The third kappa shape index (κ3) is 6.67.